The first kappa shape index (κ1) is 7.72. The number of rotatable bonds is 1. The normalized spacial score (nSPS) is 28.4. The zero-order chi connectivity index (χ0) is 7.40. The number of amidine groups is 1. The van der Waals surface area contributed by atoms with Crippen LogP contribution in [0.4, 0.5) is 0 Å². The largest absolute Gasteiger partial charge is 0.385 e. The van der Waals surface area contributed by atoms with Gasteiger partial charge in [-0.25, -0.2) is 0 Å². The first-order chi connectivity index (χ1) is 4.84. The Hall–Kier alpha value is -0.380. The molecule has 1 aliphatic rings. The average molecular weight is 159 g/mol. The number of nitrogens with two attached hydrogens (primary N) is 2. The van der Waals surface area contributed by atoms with Crippen molar-refractivity contribution in [1.82, 2.24) is 0 Å². The molecule has 10 heavy (non-hydrogen) atoms. The molecule has 1 fully saturated rings. The number of hydrogen-bond donors (Lipinski definition) is 2. The molecule has 0 radical (unpaired) electrons. The second kappa shape index (κ2) is 3.71. The molecule has 1 atom stereocenters. The van der Waals surface area contributed by atoms with Crippen LogP contribution in [0.1, 0.15) is 19.3 Å². The number of thioether (sulfide) groups is 1. The van der Waals surface area contributed by atoms with E-state index in [-0.39, 0.29) is 0 Å². The molecular formula is C6H13N3S. The second-order valence-corrected chi connectivity index (χ2v) is 3.72. The summed E-state index contributed by atoms with van der Waals surface area (Å²) in [6.07, 6.45) is 3.70. The molecule has 0 saturated carbocycles. The monoisotopic (exact) mass is 159 g/mol. The van der Waals surface area contributed by atoms with Gasteiger partial charge in [-0.2, -0.15) is 16.9 Å². The molecule has 0 aromatic rings. The Kier molecular flexibility index (Phi) is 2.86. The fraction of sp³-hybridized carbons (Fsp3) is 0.833. The molecule has 0 spiro atoms. The summed E-state index contributed by atoms with van der Waals surface area (Å²) in [5.74, 6) is 6.85. The Morgan fingerprint density at radius 2 is 2.30 bits per heavy atom. The predicted octanol–water partition coefficient (Wildman–Crippen LogP) is 0.503. The second-order valence-electron chi connectivity index (χ2n) is 2.41. The molecule has 1 aliphatic heterocycles. The molecule has 1 saturated heterocycles. The zero-order valence-corrected chi connectivity index (χ0v) is 6.73. The van der Waals surface area contributed by atoms with Crippen molar-refractivity contribution in [3.05, 3.63) is 0 Å². The van der Waals surface area contributed by atoms with E-state index in [4.69, 9.17) is 11.6 Å². The summed E-state index contributed by atoms with van der Waals surface area (Å²) in [6, 6.07) is 0. The van der Waals surface area contributed by atoms with Gasteiger partial charge in [-0.05, 0) is 18.6 Å². The molecule has 1 heterocycles. The van der Waals surface area contributed by atoms with E-state index in [1.807, 2.05) is 11.8 Å². The van der Waals surface area contributed by atoms with Gasteiger partial charge in [0, 0.05) is 0 Å². The minimum Gasteiger partial charge on any atom is -0.385 e. The number of hydrazone groups is 1. The van der Waals surface area contributed by atoms with Gasteiger partial charge in [-0.3, -0.25) is 0 Å². The Morgan fingerprint density at radius 1 is 1.50 bits per heavy atom. The quantitative estimate of drug-likeness (QED) is 0.253. The summed E-state index contributed by atoms with van der Waals surface area (Å²) in [5.41, 5.74) is 5.55. The van der Waals surface area contributed by atoms with E-state index in [1.54, 1.807) is 0 Å². The van der Waals surface area contributed by atoms with Gasteiger partial charge in [0.2, 0.25) is 0 Å². The fourth-order valence-corrected chi connectivity index (χ4v) is 2.28. The van der Waals surface area contributed by atoms with Gasteiger partial charge in [-0.15, -0.1) is 0 Å². The van der Waals surface area contributed by atoms with Crippen LogP contribution in [0.3, 0.4) is 0 Å². The van der Waals surface area contributed by atoms with Gasteiger partial charge in [0.05, 0.1) is 5.25 Å². The minimum atomic E-state index is 0.388. The SMILES string of the molecule is NN=C(N)C1CCCCS1. The Labute approximate surface area is 65.2 Å². The van der Waals surface area contributed by atoms with Gasteiger partial charge in [0.25, 0.3) is 0 Å². The molecule has 0 aromatic carbocycles. The highest BCUT2D eigenvalue weighted by Gasteiger charge is 2.16. The molecule has 0 amide bonds. The highest BCUT2D eigenvalue weighted by molar-refractivity contribution is 8.00. The fourth-order valence-electron chi connectivity index (χ4n) is 1.06. The molecule has 3 nitrogen and oxygen atoms in total. The van der Waals surface area contributed by atoms with Crippen LogP contribution in [0.15, 0.2) is 5.10 Å². The lowest BCUT2D eigenvalue weighted by Gasteiger charge is -2.19. The van der Waals surface area contributed by atoms with E-state index in [0.29, 0.717) is 11.1 Å². The zero-order valence-electron chi connectivity index (χ0n) is 5.92. The molecule has 0 bridgehead atoms. The maximum absolute atomic E-state index is 5.55. The van der Waals surface area contributed by atoms with Crippen molar-refractivity contribution >= 4 is 17.6 Å². The lowest BCUT2D eigenvalue weighted by molar-refractivity contribution is 0.729. The Morgan fingerprint density at radius 3 is 2.80 bits per heavy atom. The van der Waals surface area contributed by atoms with Crippen LogP contribution in [0.25, 0.3) is 0 Å². The van der Waals surface area contributed by atoms with Crippen LogP contribution >= 0.6 is 11.8 Å². The van der Waals surface area contributed by atoms with Crippen molar-refractivity contribution in [3.8, 4) is 0 Å². The van der Waals surface area contributed by atoms with Crippen molar-refractivity contribution < 1.29 is 0 Å². The number of hydrogen-bond acceptors (Lipinski definition) is 3. The summed E-state index contributed by atoms with van der Waals surface area (Å²) in [4.78, 5) is 0. The lowest BCUT2D eigenvalue weighted by Crippen LogP contribution is -2.29. The van der Waals surface area contributed by atoms with Crippen molar-refractivity contribution in [1.29, 1.82) is 0 Å². The van der Waals surface area contributed by atoms with Gasteiger partial charge in [-0.1, -0.05) is 6.42 Å². The summed E-state index contributed by atoms with van der Waals surface area (Å²) < 4.78 is 0. The van der Waals surface area contributed by atoms with Crippen molar-refractivity contribution in [3.63, 3.8) is 0 Å². The van der Waals surface area contributed by atoms with E-state index < -0.39 is 0 Å². The maximum atomic E-state index is 5.55. The summed E-state index contributed by atoms with van der Waals surface area (Å²) in [5, 5.41) is 3.87. The first-order valence-corrected chi connectivity index (χ1v) is 4.54. The highest BCUT2D eigenvalue weighted by Crippen LogP contribution is 2.24. The van der Waals surface area contributed by atoms with Crippen LogP contribution in [0, 0.1) is 0 Å². The van der Waals surface area contributed by atoms with Crippen molar-refractivity contribution in [2.75, 3.05) is 5.75 Å². The Balaban J connectivity index is 2.39. The van der Waals surface area contributed by atoms with E-state index in [0.717, 1.165) is 6.42 Å². The van der Waals surface area contributed by atoms with Crippen LogP contribution in [0.2, 0.25) is 0 Å². The smallest absolute Gasteiger partial charge is 0.132 e. The van der Waals surface area contributed by atoms with Gasteiger partial charge in [0.15, 0.2) is 0 Å². The predicted molar refractivity (Wildman–Crippen MR) is 45.9 cm³/mol. The summed E-state index contributed by atoms with van der Waals surface area (Å²) in [6.45, 7) is 0. The highest BCUT2D eigenvalue weighted by atomic mass is 32.2. The third-order valence-corrected chi connectivity index (χ3v) is 3.06. The van der Waals surface area contributed by atoms with Crippen LogP contribution < -0.4 is 11.6 Å². The van der Waals surface area contributed by atoms with Crippen LogP contribution in [-0.2, 0) is 0 Å². The molecule has 4 N–H and O–H groups in total. The summed E-state index contributed by atoms with van der Waals surface area (Å²) >= 11 is 1.86. The van der Waals surface area contributed by atoms with Gasteiger partial charge in [0.1, 0.15) is 5.84 Å². The summed E-state index contributed by atoms with van der Waals surface area (Å²) in [7, 11) is 0. The van der Waals surface area contributed by atoms with E-state index >= 15 is 0 Å². The molecule has 0 aliphatic carbocycles. The first-order valence-electron chi connectivity index (χ1n) is 3.49. The van der Waals surface area contributed by atoms with E-state index in [1.165, 1.54) is 18.6 Å². The van der Waals surface area contributed by atoms with Crippen molar-refractivity contribution in [2.24, 2.45) is 16.7 Å². The van der Waals surface area contributed by atoms with Gasteiger partial charge >= 0.3 is 0 Å². The van der Waals surface area contributed by atoms with E-state index in [2.05, 4.69) is 5.10 Å². The third kappa shape index (κ3) is 1.80. The molecule has 0 aromatic heterocycles. The molecule has 58 valence electrons. The third-order valence-electron chi connectivity index (χ3n) is 1.66. The standard InChI is InChI=1S/C6H13N3S/c7-6(9-8)5-3-1-2-4-10-5/h5H,1-4,8H2,(H2,7,9). The van der Waals surface area contributed by atoms with Crippen LogP contribution in [0.5, 0.6) is 0 Å². The molecule has 4 heteroatoms. The van der Waals surface area contributed by atoms with E-state index in [9.17, 15) is 0 Å². The lowest BCUT2D eigenvalue weighted by atomic mass is 10.2. The molecule has 1 unspecified atom stereocenters. The molecular weight excluding hydrogens is 146 g/mol. The Bertz CT molecular complexity index is 129. The molecule has 1 rings (SSSR count). The van der Waals surface area contributed by atoms with Crippen LogP contribution in [-0.4, -0.2) is 16.8 Å². The average Bonchev–Trinajstić information content (AvgIpc) is 2.05. The van der Waals surface area contributed by atoms with Gasteiger partial charge < -0.3 is 11.6 Å². The number of nitrogens with zero attached hydrogens (tertiary/aromatic N) is 1. The topological polar surface area (TPSA) is 64.4 Å². The minimum absolute atomic E-state index is 0.388. The maximum Gasteiger partial charge on any atom is 0.132 e. The van der Waals surface area contributed by atoms with Crippen molar-refractivity contribution in [2.45, 2.75) is 24.5 Å².